The molecule has 2 heterocycles. The molecule has 3 nitrogen and oxygen atoms in total. The minimum absolute atomic E-state index is 0.182. The van der Waals surface area contributed by atoms with E-state index >= 15 is 0 Å². The van der Waals surface area contributed by atoms with Crippen molar-refractivity contribution in [1.82, 2.24) is 14.4 Å². The predicted octanol–water partition coefficient (Wildman–Crippen LogP) is 3.69. The third-order valence-corrected chi connectivity index (χ3v) is 3.31. The zero-order chi connectivity index (χ0) is 13.5. The lowest BCUT2D eigenvalue weighted by Crippen LogP contribution is -2.10. The van der Waals surface area contributed by atoms with Gasteiger partial charge in [0.25, 0.3) is 0 Å². The lowest BCUT2D eigenvalue weighted by atomic mass is 9.86. The molecule has 3 heteroatoms. The third-order valence-electron chi connectivity index (χ3n) is 3.31. The molecule has 19 heavy (non-hydrogen) atoms. The van der Waals surface area contributed by atoms with Crippen molar-refractivity contribution < 1.29 is 0 Å². The SMILES string of the molecule is CC(C)(C)c1ccc(-c2cn3ccncc3n2)cc1. The topological polar surface area (TPSA) is 30.2 Å². The molecule has 0 aliphatic heterocycles. The van der Waals surface area contributed by atoms with Crippen molar-refractivity contribution in [3.05, 3.63) is 54.6 Å². The van der Waals surface area contributed by atoms with Crippen molar-refractivity contribution in [2.45, 2.75) is 26.2 Å². The standard InChI is InChI=1S/C16H17N3/c1-16(2,3)13-6-4-12(5-7-13)14-11-19-9-8-17-10-15(19)18-14/h4-11H,1-3H3. The van der Waals surface area contributed by atoms with Gasteiger partial charge in [-0.3, -0.25) is 4.98 Å². The molecule has 0 saturated carbocycles. The first kappa shape index (κ1) is 11.9. The molecule has 3 rings (SSSR count). The maximum Gasteiger partial charge on any atom is 0.155 e. The number of fused-ring (bicyclic) bond motifs is 1. The Morgan fingerprint density at radius 1 is 1.05 bits per heavy atom. The Morgan fingerprint density at radius 2 is 1.79 bits per heavy atom. The Bertz CT molecular complexity index is 670. The summed E-state index contributed by atoms with van der Waals surface area (Å²) in [5.41, 5.74) is 4.51. The number of hydrogen-bond donors (Lipinski definition) is 0. The van der Waals surface area contributed by atoms with Crippen LogP contribution in [0, 0.1) is 0 Å². The van der Waals surface area contributed by atoms with Gasteiger partial charge >= 0.3 is 0 Å². The summed E-state index contributed by atoms with van der Waals surface area (Å²) in [5.74, 6) is 0. The van der Waals surface area contributed by atoms with E-state index in [1.807, 2.05) is 16.8 Å². The summed E-state index contributed by atoms with van der Waals surface area (Å²) >= 11 is 0. The molecule has 0 atom stereocenters. The van der Waals surface area contributed by atoms with Gasteiger partial charge in [0.05, 0.1) is 11.9 Å². The quantitative estimate of drug-likeness (QED) is 0.660. The van der Waals surface area contributed by atoms with Gasteiger partial charge in [-0.15, -0.1) is 0 Å². The van der Waals surface area contributed by atoms with Crippen molar-refractivity contribution in [2.75, 3.05) is 0 Å². The molecule has 1 aromatic carbocycles. The lowest BCUT2D eigenvalue weighted by Gasteiger charge is -2.18. The van der Waals surface area contributed by atoms with Gasteiger partial charge < -0.3 is 4.40 Å². The van der Waals surface area contributed by atoms with Crippen LogP contribution in [-0.2, 0) is 5.41 Å². The highest BCUT2D eigenvalue weighted by atomic mass is 15.0. The monoisotopic (exact) mass is 251 g/mol. The van der Waals surface area contributed by atoms with E-state index in [1.54, 1.807) is 12.4 Å². The van der Waals surface area contributed by atoms with Crippen molar-refractivity contribution in [3.63, 3.8) is 0 Å². The van der Waals surface area contributed by atoms with Gasteiger partial charge in [0.15, 0.2) is 5.65 Å². The van der Waals surface area contributed by atoms with Crippen molar-refractivity contribution >= 4 is 5.65 Å². The highest BCUT2D eigenvalue weighted by Gasteiger charge is 2.13. The summed E-state index contributed by atoms with van der Waals surface area (Å²) in [7, 11) is 0. The van der Waals surface area contributed by atoms with Crippen molar-refractivity contribution in [2.24, 2.45) is 0 Å². The van der Waals surface area contributed by atoms with Crippen LogP contribution in [0.4, 0.5) is 0 Å². The van der Waals surface area contributed by atoms with E-state index in [9.17, 15) is 0 Å². The Labute approximate surface area is 113 Å². The van der Waals surface area contributed by atoms with Gasteiger partial charge in [-0.05, 0) is 11.0 Å². The minimum atomic E-state index is 0.182. The molecular weight excluding hydrogens is 234 g/mol. The van der Waals surface area contributed by atoms with Crippen LogP contribution in [0.2, 0.25) is 0 Å². The molecule has 3 aromatic rings. The maximum atomic E-state index is 4.58. The maximum absolute atomic E-state index is 4.58. The summed E-state index contributed by atoms with van der Waals surface area (Å²) in [6, 6.07) is 8.63. The largest absolute Gasteiger partial charge is 0.304 e. The molecule has 0 aliphatic carbocycles. The number of nitrogens with zero attached hydrogens (tertiary/aromatic N) is 3. The second-order valence-electron chi connectivity index (χ2n) is 5.80. The molecular formula is C16H17N3. The first-order chi connectivity index (χ1) is 9.04. The van der Waals surface area contributed by atoms with Crippen LogP contribution in [0.1, 0.15) is 26.3 Å². The Balaban J connectivity index is 2.02. The first-order valence-corrected chi connectivity index (χ1v) is 6.44. The summed E-state index contributed by atoms with van der Waals surface area (Å²) in [4.78, 5) is 8.66. The number of benzene rings is 1. The molecule has 0 amide bonds. The highest BCUT2D eigenvalue weighted by molar-refractivity contribution is 5.62. The fourth-order valence-electron chi connectivity index (χ4n) is 2.12. The predicted molar refractivity (Wildman–Crippen MR) is 77.1 cm³/mol. The first-order valence-electron chi connectivity index (χ1n) is 6.44. The molecule has 0 saturated heterocycles. The minimum Gasteiger partial charge on any atom is -0.304 e. The molecule has 0 spiro atoms. The second kappa shape index (κ2) is 4.19. The second-order valence-corrected chi connectivity index (χ2v) is 5.80. The van der Waals surface area contributed by atoms with E-state index < -0.39 is 0 Å². The molecule has 0 N–H and O–H groups in total. The van der Waals surface area contributed by atoms with Gasteiger partial charge in [0.1, 0.15) is 0 Å². The molecule has 2 aromatic heterocycles. The Hall–Kier alpha value is -2.16. The zero-order valence-corrected chi connectivity index (χ0v) is 11.5. The highest BCUT2D eigenvalue weighted by Crippen LogP contribution is 2.25. The van der Waals surface area contributed by atoms with Gasteiger partial charge in [0.2, 0.25) is 0 Å². The van der Waals surface area contributed by atoms with E-state index in [4.69, 9.17) is 0 Å². The van der Waals surface area contributed by atoms with Crippen LogP contribution in [0.3, 0.4) is 0 Å². The Morgan fingerprint density at radius 3 is 2.42 bits per heavy atom. The van der Waals surface area contributed by atoms with Crippen LogP contribution in [-0.4, -0.2) is 14.4 Å². The lowest BCUT2D eigenvalue weighted by molar-refractivity contribution is 0.590. The van der Waals surface area contributed by atoms with Crippen LogP contribution < -0.4 is 0 Å². The van der Waals surface area contributed by atoms with Crippen LogP contribution in [0.15, 0.2) is 49.1 Å². The molecule has 0 unspecified atom stereocenters. The van der Waals surface area contributed by atoms with Gasteiger partial charge in [0, 0.05) is 24.2 Å². The molecule has 0 radical (unpaired) electrons. The smallest absolute Gasteiger partial charge is 0.155 e. The fraction of sp³-hybridized carbons (Fsp3) is 0.250. The summed E-state index contributed by atoms with van der Waals surface area (Å²) < 4.78 is 1.99. The summed E-state index contributed by atoms with van der Waals surface area (Å²) in [5, 5.41) is 0. The van der Waals surface area contributed by atoms with Gasteiger partial charge in [-0.25, -0.2) is 4.98 Å². The van der Waals surface area contributed by atoms with E-state index in [0.29, 0.717) is 0 Å². The van der Waals surface area contributed by atoms with E-state index in [-0.39, 0.29) is 5.41 Å². The number of aromatic nitrogens is 3. The van der Waals surface area contributed by atoms with Crippen LogP contribution >= 0.6 is 0 Å². The number of hydrogen-bond acceptors (Lipinski definition) is 2. The van der Waals surface area contributed by atoms with Crippen LogP contribution in [0.25, 0.3) is 16.9 Å². The number of imidazole rings is 1. The van der Waals surface area contributed by atoms with E-state index in [1.165, 1.54) is 5.56 Å². The Kier molecular flexibility index (Phi) is 2.63. The number of rotatable bonds is 1. The van der Waals surface area contributed by atoms with Crippen LogP contribution in [0.5, 0.6) is 0 Å². The van der Waals surface area contributed by atoms with Gasteiger partial charge in [-0.1, -0.05) is 45.0 Å². The van der Waals surface area contributed by atoms with E-state index in [2.05, 4.69) is 55.0 Å². The molecule has 0 aliphatic rings. The normalized spacial score (nSPS) is 11.9. The average Bonchev–Trinajstić information content (AvgIpc) is 2.81. The van der Waals surface area contributed by atoms with Crippen molar-refractivity contribution in [1.29, 1.82) is 0 Å². The molecule has 96 valence electrons. The molecule has 0 bridgehead atoms. The third kappa shape index (κ3) is 2.24. The van der Waals surface area contributed by atoms with Gasteiger partial charge in [-0.2, -0.15) is 0 Å². The van der Waals surface area contributed by atoms with E-state index in [0.717, 1.165) is 16.9 Å². The molecule has 0 fully saturated rings. The summed E-state index contributed by atoms with van der Waals surface area (Å²) in [6.45, 7) is 6.66. The summed E-state index contributed by atoms with van der Waals surface area (Å²) in [6.07, 6.45) is 7.48. The fourth-order valence-corrected chi connectivity index (χ4v) is 2.12. The van der Waals surface area contributed by atoms with Crippen molar-refractivity contribution in [3.8, 4) is 11.3 Å². The average molecular weight is 251 g/mol. The zero-order valence-electron chi connectivity index (χ0n) is 11.5.